The van der Waals surface area contributed by atoms with Crippen LogP contribution in [-0.2, 0) is 4.79 Å². The van der Waals surface area contributed by atoms with Gasteiger partial charge >= 0.3 is 0 Å². The number of carbonyl (C=O) groups is 1. The van der Waals surface area contributed by atoms with Gasteiger partial charge in [-0.2, -0.15) is 0 Å². The Hall–Kier alpha value is -0.330. The summed E-state index contributed by atoms with van der Waals surface area (Å²) >= 11 is 0. The van der Waals surface area contributed by atoms with Crippen LogP contribution in [0.15, 0.2) is 0 Å². The highest BCUT2D eigenvalue weighted by Gasteiger charge is 2.05. The highest BCUT2D eigenvalue weighted by atomic mass is 16.1. The van der Waals surface area contributed by atoms with Crippen molar-refractivity contribution >= 4 is 5.78 Å². The fourth-order valence-corrected chi connectivity index (χ4v) is 1.47. The Balaban J connectivity index is 3.31. The number of hydrogen-bond acceptors (Lipinski definition) is 1. The lowest BCUT2D eigenvalue weighted by Gasteiger charge is -2.09. The molecule has 0 aromatic heterocycles. The minimum atomic E-state index is 0.326. The van der Waals surface area contributed by atoms with Crippen molar-refractivity contribution in [3.05, 3.63) is 0 Å². The predicted molar refractivity (Wildman–Crippen MR) is 53.2 cm³/mol. The molecule has 1 heteroatoms. The third-order valence-corrected chi connectivity index (χ3v) is 2.11. The van der Waals surface area contributed by atoms with E-state index in [1.807, 2.05) is 0 Å². The molecule has 0 spiro atoms. The average Bonchev–Trinajstić information content (AvgIpc) is 1.84. The Kier molecular flexibility index (Phi) is 6.04. The quantitative estimate of drug-likeness (QED) is 0.597. The van der Waals surface area contributed by atoms with E-state index in [2.05, 4.69) is 20.8 Å². The van der Waals surface area contributed by atoms with Gasteiger partial charge in [0, 0.05) is 6.42 Å². The number of rotatable bonds is 6. The molecule has 0 saturated heterocycles. The molecule has 0 radical (unpaired) electrons. The fourth-order valence-electron chi connectivity index (χ4n) is 1.47. The van der Waals surface area contributed by atoms with Crippen LogP contribution in [0.3, 0.4) is 0 Å². The molecule has 0 aliphatic rings. The summed E-state index contributed by atoms with van der Waals surface area (Å²) < 4.78 is 0. The van der Waals surface area contributed by atoms with Crippen LogP contribution < -0.4 is 0 Å². The van der Waals surface area contributed by atoms with Crippen LogP contribution in [0.4, 0.5) is 0 Å². The van der Waals surface area contributed by atoms with Gasteiger partial charge in [-0.15, -0.1) is 0 Å². The van der Waals surface area contributed by atoms with Crippen LogP contribution in [-0.4, -0.2) is 5.78 Å². The molecule has 0 saturated carbocycles. The summed E-state index contributed by atoms with van der Waals surface area (Å²) in [4.78, 5) is 10.8. The zero-order valence-electron chi connectivity index (χ0n) is 8.89. The van der Waals surface area contributed by atoms with E-state index in [1.54, 1.807) is 6.92 Å². The third-order valence-electron chi connectivity index (χ3n) is 2.11. The second-order valence-electron chi connectivity index (χ2n) is 4.34. The maximum Gasteiger partial charge on any atom is 0.130 e. The highest BCUT2D eigenvalue weighted by Crippen LogP contribution is 2.14. The second-order valence-corrected chi connectivity index (χ2v) is 4.34. The van der Waals surface area contributed by atoms with Crippen LogP contribution in [0.2, 0.25) is 0 Å². The molecule has 0 rings (SSSR count). The van der Waals surface area contributed by atoms with Gasteiger partial charge in [0.1, 0.15) is 5.78 Å². The smallest absolute Gasteiger partial charge is 0.130 e. The van der Waals surface area contributed by atoms with E-state index in [-0.39, 0.29) is 0 Å². The summed E-state index contributed by atoms with van der Waals surface area (Å²) in [6, 6.07) is 0. The Labute approximate surface area is 76.6 Å². The fraction of sp³-hybridized carbons (Fsp3) is 0.909. The van der Waals surface area contributed by atoms with Crippen molar-refractivity contribution < 1.29 is 4.79 Å². The molecule has 12 heavy (non-hydrogen) atoms. The van der Waals surface area contributed by atoms with E-state index in [1.165, 1.54) is 19.3 Å². The van der Waals surface area contributed by atoms with Gasteiger partial charge in [-0.1, -0.05) is 40.0 Å². The van der Waals surface area contributed by atoms with Gasteiger partial charge in [0.15, 0.2) is 0 Å². The van der Waals surface area contributed by atoms with Gasteiger partial charge < -0.3 is 4.79 Å². The van der Waals surface area contributed by atoms with Gasteiger partial charge in [0.05, 0.1) is 0 Å². The Morgan fingerprint density at radius 2 is 1.75 bits per heavy atom. The molecule has 0 aliphatic carbocycles. The Morgan fingerprint density at radius 3 is 2.17 bits per heavy atom. The monoisotopic (exact) mass is 170 g/mol. The molecule has 1 unspecified atom stereocenters. The van der Waals surface area contributed by atoms with Crippen molar-refractivity contribution in [3.63, 3.8) is 0 Å². The number of hydrogen-bond donors (Lipinski definition) is 0. The molecule has 0 fully saturated rings. The van der Waals surface area contributed by atoms with E-state index < -0.39 is 0 Å². The molecule has 0 bridgehead atoms. The normalized spacial score (nSPS) is 13.4. The maximum absolute atomic E-state index is 10.8. The minimum absolute atomic E-state index is 0.326. The molecule has 0 aliphatic heterocycles. The van der Waals surface area contributed by atoms with Crippen LogP contribution in [0, 0.1) is 11.8 Å². The lowest BCUT2D eigenvalue weighted by atomic mass is 9.96. The Bertz CT molecular complexity index is 127. The summed E-state index contributed by atoms with van der Waals surface area (Å²) in [5, 5.41) is 0. The van der Waals surface area contributed by atoms with Crippen LogP contribution in [0.5, 0.6) is 0 Å². The van der Waals surface area contributed by atoms with E-state index in [4.69, 9.17) is 0 Å². The first kappa shape index (κ1) is 11.7. The molecule has 1 nitrogen and oxygen atoms in total. The summed E-state index contributed by atoms with van der Waals surface area (Å²) in [5.41, 5.74) is 0. The molecular weight excluding hydrogens is 148 g/mol. The SMILES string of the molecule is CC(=O)CC(C)CCCC(C)C. The molecular formula is C11H22O. The van der Waals surface area contributed by atoms with Gasteiger partial charge in [-0.25, -0.2) is 0 Å². The number of carbonyl (C=O) groups excluding carboxylic acids is 1. The molecule has 72 valence electrons. The maximum atomic E-state index is 10.8. The molecule has 0 heterocycles. The topological polar surface area (TPSA) is 17.1 Å². The molecule has 1 atom stereocenters. The first-order chi connectivity index (χ1) is 5.52. The van der Waals surface area contributed by atoms with Crippen LogP contribution >= 0.6 is 0 Å². The zero-order chi connectivity index (χ0) is 9.56. The van der Waals surface area contributed by atoms with Crippen molar-refractivity contribution in [2.75, 3.05) is 0 Å². The lowest BCUT2D eigenvalue weighted by Crippen LogP contribution is -2.02. The van der Waals surface area contributed by atoms with E-state index >= 15 is 0 Å². The molecule has 0 aromatic carbocycles. The second kappa shape index (κ2) is 6.22. The van der Waals surface area contributed by atoms with Gasteiger partial charge in [-0.3, -0.25) is 0 Å². The van der Waals surface area contributed by atoms with Gasteiger partial charge in [0.25, 0.3) is 0 Å². The number of ketones is 1. The first-order valence-corrected chi connectivity index (χ1v) is 5.01. The zero-order valence-corrected chi connectivity index (χ0v) is 8.89. The van der Waals surface area contributed by atoms with Crippen LogP contribution in [0.25, 0.3) is 0 Å². The third kappa shape index (κ3) is 7.77. The van der Waals surface area contributed by atoms with Crippen molar-refractivity contribution in [2.45, 2.75) is 53.4 Å². The summed E-state index contributed by atoms with van der Waals surface area (Å²) in [6.45, 7) is 8.34. The Morgan fingerprint density at radius 1 is 1.17 bits per heavy atom. The van der Waals surface area contributed by atoms with Gasteiger partial charge in [0.2, 0.25) is 0 Å². The van der Waals surface area contributed by atoms with E-state index in [0.717, 1.165) is 12.3 Å². The van der Waals surface area contributed by atoms with Gasteiger partial charge in [-0.05, 0) is 18.8 Å². The van der Waals surface area contributed by atoms with E-state index in [9.17, 15) is 4.79 Å². The summed E-state index contributed by atoms with van der Waals surface area (Å²) in [6.07, 6.45) is 4.53. The van der Waals surface area contributed by atoms with Crippen molar-refractivity contribution in [2.24, 2.45) is 11.8 Å². The number of Topliss-reactive ketones (excluding diaryl/α,β-unsaturated/α-hetero) is 1. The predicted octanol–water partition coefficient (Wildman–Crippen LogP) is 3.43. The summed E-state index contributed by atoms with van der Waals surface area (Å²) in [7, 11) is 0. The van der Waals surface area contributed by atoms with Crippen molar-refractivity contribution in [3.8, 4) is 0 Å². The van der Waals surface area contributed by atoms with Crippen molar-refractivity contribution in [1.29, 1.82) is 0 Å². The average molecular weight is 170 g/mol. The minimum Gasteiger partial charge on any atom is -0.300 e. The summed E-state index contributed by atoms with van der Waals surface area (Å²) in [5.74, 6) is 1.71. The van der Waals surface area contributed by atoms with E-state index in [0.29, 0.717) is 11.7 Å². The van der Waals surface area contributed by atoms with Crippen LogP contribution in [0.1, 0.15) is 53.4 Å². The standard InChI is InChI=1S/C11H22O/c1-9(2)6-5-7-10(3)8-11(4)12/h9-10H,5-8H2,1-4H3. The van der Waals surface area contributed by atoms with Crippen molar-refractivity contribution in [1.82, 2.24) is 0 Å². The first-order valence-electron chi connectivity index (χ1n) is 5.01. The molecule has 0 aromatic rings. The molecule has 0 amide bonds. The largest absolute Gasteiger partial charge is 0.300 e. The lowest BCUT2D eigenvalue weighted by molar-refractivity contribution is -0.117. The molecule has 0 N–H and O–H groups in total. The highest BCUT2D eigenvalue weighted by molar-refractivity contribution is 5.75.